The number of pyridine rings is 2. The minimum Gasteiger partial charge on any atom is -0.254 e. The zero-order valence-corrected chi connectivity index (χ0v) is 9.49. The number of rotatable bonds is 0. The molecule has 0 fully saturated rings. The maximum Gasteiger partial charge on any atom is 0.129 e. The van der Waals surface area contributed by atoms with E-state index in [0.717, 1.165) is 21.8 Å². The van der Waals surface area contributed by atoms with Crippen LogP contribution in [0.5, 0.6) is 0 Å². The summed E-state index contributed by atoms with van der Waals surface area (Å²) in [4.78, 5) is 8.64. The molecule has 3 rings (SSSR count). The van der Waals surface area contributed by atoms with Crippen LogP contribution in [0.1, 0.15) is 5.56 Å². The van der Waals surface area contributed by atoms with Gasteiger partial charge in [-0.3, -0.25) is 4.98 Å². The summed E-state index contributed by atoms with van der Waals surface area (Å²) in [5.74, 6) is 0. The molecule has 0 radical (unpaired) electrons. The molecule has 0 saturated heterocycles. The monoisotopic (exact) mass is 228 g/mol. The Morgan fingerprint density at radius 2 is 1.75 bits per heavy atom. The van der Waals surface area contributed by atoms with Crippen LogP contribution in [0.2, 0.25) is 5.15 Å². The summed E-state index contributed by atoms with van der Waals surface area (Å²) in [5.41, 5.74) is 3.04. The Bertz CT molecular complexity index is 631. The lowest BCUT2D eigenvalue weighted by Gasteiger charge is -2.03. The minimum absolute atomic E-state index is 0.501. The van der Waals surface area contributed by atoms with Gasteiger partial charge in [-0.05, 0) is 30.7 Å². The largest absolute Gasteiger partial charge is 0.254 e. The normalized spacial score (nSPS) is 11.1. The van der Waals surface area contributed by atoms with Crippen molar-refractivity contribution in [3.05, 3.63) is 47.2 Å². The number of hydrogen-bond donors (Lipinski definition) is 0. The number of aromatic nitrogens is 2. The van der Waals surface area contributed by atoms with Gasteiger partial charge >= 0.3 is 0 Å². The van der Waals surface area contributed by atoms with E-state index in [1.165, 1.54) is 5.56 Å². The number of aryl methyl sites for hydroxylation is 1. The first kappa shape index (κ1) is 9.55. The molecule has 2 nitrogen and oxygen atoms in total. The van der Waals surface area contributed by atoms with Crippen molar-refractivity contribution in [3.8, 4) is 0 Å². The molecule has 0 aliphatic carbocycles. The molecular formula is C13H9ClN2. The van der Waals surface area contributed by atoms with Gasteiger partial charge in [0.2, 0.25) is 0 Å². The molecule has 2 heterocycles. The summed E-state index contributed by atoms with van der Waals surface area (Å²) in [7, 11) is 0. The Labute approximate surface area is 97.9 Å². The van der Waals surface area contributed by atoms with Crippen LogP contribution in [0, 0.1) is 6.92 Å². The van der Waals surface area contributed by atoms with E-state index < -0.39 is 0 Å². The second kappa shape index (κ2) is 3.42. The Balaban J connectivity index is 2.50. The summed E-state index contributed by atoms with van der Waals surface area (Å²) >= 11 is 5.86. The van der Waals surface area contributed by atoms with E-state index in [1.54, 1.807) is 6.20 Å². The van der Waals surface area contributed by atoms with E-state index >= 15 is 0 Å². The summed E-state index contributed by atoms with van der Waals surface area (Å²) in [6.07, 6.45) is 1.77. The van der Waals surface area contributed by atoms with Gasteiger partial charge in [0.1, 0.15) is 5.15 Å². The molecule has 0 aliphatic rings. The smallest absolute Gasteiger partial charge is 0.129 e. The van der Waals surface area contributed by atoms with Gasteiger partial charge in [-0.25, -0.2) is 4.98 Å². The van der Waals surface area contributed by atoms with Crippen molar-refractivity contribution in [2.24, 2.45) is 0 Å². The fourth-order valence-corrected chi connectivity index (χ4v) is 2.04. The van der Waals surface area contributed by atoms with Crippen molar-refractivity contribution in [1.29, 1.82) is 0 Å². The molecule has 2 aromatic heterocycles. The number of hydrogen-bond acceptors (Lipinski definition) is 2. The van der Waals surface area contributed by atoms with Crippen molar-refractivity contribution < 1.29 is 0 Å². The van der Waals surface area contributed by atoms with E-state index in [1.807, 2.05) is 12.1 Å². The standard InChI is InChI=1S/C13H9ClN2/c1-8-2-3-9-10-4-5-13(14)16-12(10)7-15-11(9)6-8/h2-7H,1H3. The van der Waals surface area contributed by atoms with Gasteiger partial charge in [-0.1, -0.05) is 23.7 Å². The van der Waals surface area contributed by atoms with E-state index in [0.29, 0.717) is 5.15 Å². The van der Waals surface area contributed by atoms with Crippen LogP contribution in [0.25, 0.3) is 21.8 Å². The predicted octanol–water partition coefficient (Wildman–Crippen LogP) is 3.74. The van der Waals surface area contributed by atoms with Gasteiger partial charge in [0.15, 0.2) is 0 Å². The average molecular weight is 229 g/mol. The fraction of sp³-hybridized carbons (Fsp3) is 0.0769. The van der Waals surface area contributed by atoms with E-state index in [2.05, 4.69) is 35.1 Å². The van der Waals surface area contributed by atoms with Gasteiger partial charge in [0.05, 0.1) is 17.2 Å². The van der Waals surface area contributed by atoms with Crippen molar-refractivity contribution >= 4 is 33.4 Å². The van der Waals surface area contributed by atoms with Crippen molar-refractivity contribution in [2.45, 2.75) is 6.92 Å². The lowest BCUT2D eigenvalue weighted by molar-refractivity contribution is 1.35. The minimum atomic E-state index is 0.501. The summed E-state index contributed by atoms with van der Waals surface area (Å²) < 4.78 is 0. The van der Waals surface area contributed by atoms with Crippen LogP contribution in [0.15, 0.2) is 36.5 Å². The number of benzene rings is 1. The zero-order valence-electron chi connectivity index (χ0n) is 8.74. The second-order valence-corrected chi connectivity index (χ2v) is 4.23. The molecular weight excluding hydrogens is 220 g/mol. The predicted molar refractivity (Wildman–Crippen MR) is 66.8 cm³/mol. The molecule has 0 atom stereocenters. The fourth-order valence-electron chi connectivity index (χ4n) is 1.88. The van der Waals surface area contributed by atoms with Gasteiger partial charge in [0, 0.05) is 10.8 Å². The van der Waals surface area contributed by atoms with E-state index in [9.17, 15) is 0 Å². The molecule has 1 aromatic carbocycles. The van der Waals surface area contributed by atoms with Crippen LogP contribution in [-0.4, -0.2) is 9.97 Å². The highest BCUT2D eigenvalue weighted by atomic mass is 35.5. The first-order valence-corrected chi connectivity index (χ1v) is 5.43. The summed E-state index contributed by atoms with van der Waals surface area (Å²) in [6, 6.07) is 10.0. The highest BCUT2D eigenvalue weighted by molar-refractivity contribution is 6.30. The second-order valence-electron chi connectivity index (χ2n) is 3.85. The highest BCUT2D eigenvalue weighted by Crippen LogP contribution is 2.24. The Morgan fingerprint density at radius 3 is 2.62 bits per heavy atom. The Kier molecular flexibility index (Phi) is 2.04. The SMILES string of the molecule is Cc1ccc2c(c1)ncc1nc(Cl)ccc12. The van der Waals surface area contributed by atoms with Crippen molar-refractivity contribution in [3.63, 3.8) is 0 Å². The van der Waals surface area contributed by atoms with Crippen molar-refractivity contribution in [1.82, 2.24) is 9.97 Å². The van der Waals surface area contributed by atoms with Gasteiger partial charge in [-0.15, -0.1) is 0 Å². The van der Waals surface area contributed by atoms with Gasteiger partial charge < -0.3 is 0 Å². The van der Waals surface area contributed by atoms with Gasteiger partial charge in [-0.2, -0.15) is 0 Å². The molecule has 0 unspecified atom stereocenters. The van der Waals surface area contributed by atoms with Gasteiger partial charge in [0.25, 0.3) is 0 Å². The maximum absolute atomic E-state index is 5.86. The lowest BCUT2D eigenvalue weighted by Crippen LogP contribution is -1.86. The first-order valence-electron chi connectivity index (χ1n) is 5.06. The molecule has 0 aliphatic heterocycles. The molecule has 78 valence electrons. The molecule has 0 saturated carbocycles. The number of nitrogens with zero attached hydrogens (tertiary/aromatic N) is 2. The summed E-state index contributed by atoms with van der Waals surface area (Å²) in [5, 5.41) is 2.71. The van der Waals surface area contributed by atoms with Crippen LogP contribution in [-0.2, 0) is 0 Å². The highest BCUT2D eigenvalue weighted by Gasteiger charge is 2.03. The van der Waals surface area contributed by atoms with Crippen LogP contribution >= 0.6 is 11.6 Å². The first-order chi connectivity index (χ1) is 7.74. The van der Waals surface area contributed by atoms with Crippen molar-refractivity contribution in [2.75, 3.05) is 0 Å². The molecule has 16 heavy (non-hydrogen) atoms. The van der Waals surface area contributed by atoms with E-state index in [4.69, 9.17) is 11.6 Å². The zero-order chi connectivity index (χ0) is 11.1. The third-order valence-corrected chi connectivity index (χ3v) is 2.87. The quantitative estimate of drug-likeness (QED) is 0.433. The molecule has 0 bridgehead atoms. The topological polar surface area (TPSA) is 25.8 Å². The Hall–Kier alpha value is -1.67. The third kappa shape index (κ3) is 1.42. The molecule has 0 N–H and O–H groups in total. The maximum atomic E-state index is 5.86. The van der Waals surface area contributed by atoms with Crippen LogP contribution in [0.4, 0.5) is 0 Å². The number of fused-ring (bicyclic) bond motifs is 3. The van der Waals surface area contributed by atoms with Crippen LogP contribution < -0.4 is 0 Å². The Morgan fingerprint density at radius 1 is 1.00 bits per heavy atom. The molecule has 0 amide bonds. The lowest BCUT2D eigenvalue weighted by atomic mass is 10.1. The summed E-state index contributed by atoms with van der Waals surface area (Å²) in [6.45, 7) is 2.06. The average Bonchev–Trinajstić information content (AvgIpc) is 2.28. The number of halogens is 1. The molecule has 0 spiro atoms. The third-order valence-electron chi connectivity index (χ3n) is 2.66. The molecule has 3 heteroatoms. The van der Waals surface area contributed by atoms with E-state index in [-0.39, 0.29) is 0 Å². The molecule has 3 aromatic rings. The van der Waals surface area contributed by atoms with Crippen LogP contribution in [0.3, 0.4) is 0 Å².